The third-order valence-electron chi connectivity index (χ3n) is 7.44. The van der Waals surface area contributed by atoms with Gasteiger partial charge in [-0.3, -0.25) is 0 Å². The average molecular weight is 538 g/mol. The van der Waals surface area contributed by atoms with Crippen LogP contribution in [0.4, 0.5) is 5.69 Å². The molecule has 3 aromatic carbocycles. The fourth-order valence-corrected chi connectivity index (χ4v) is 4.86. The molecule has 39 heavy (non-hydrogen) atoms. The van der Waals surface area contributed by atoms with Crippen molar-refractivity contribution in [1.29, 1.82) is 0 Å². The molecule has 0 amide bonds. The number of anilines is 1. The molecule has 0 radical (unpaired) electrons. The normalized spacial score (nSPS) is 11.8. The van der Waals surface area contributed by atoms with E-state index in [2.05, 4.69) is 10.3 Å². The van der Waals surface area contributed by atoms with E-state index in [0.29, 0.717) is 28.8 Å². The molecule has 5 rings (SSSR count). The minimum Gasteiger partial charge on any atom is -0.504 e. The second kappa shape index (κ2) is 11.7. The number of benzene rings is 3. The standard InChI is InChI=1S/C10H13NO2.C10H11NO2.C10H15NO2/c2*1-5-7-3-4-11-8(7)6(2)10(13)9(5)12;1-6-5-8(3-4-11)7(2)10(13)9(6)12/h11-13H,3-4H2,1-2H3;3-4,11-13H,1-2H3;5,12-13H,3-4,11H2,1-2H3. The molecule has 210 valence electrons. The molecule has 0 fully saturated rings. The summed E-state index contributed by atoms with van der Waals surface area (Å²) in [5.74, 6) is -0.0793. The number of nitrogens with one attached hydrogen (secondary N) is 2. The van der Waals surface area contributed by atoms with Crippen LogP contribution in [0, 0.1) is 41.5 Å². The minimum absolute atomic E-state index is 0.00523. The highest BCUT2D eigenvalue weighted by Crippen LogP contribution is 2.42. The largest absolute Gasteiger partial charge is 0.504 e. The Bertz CT molecular complexity index is 1450. The summed E-state index contributed by atoms with van der Waals surface area (Å²) >= 11 is 0. The Labute approximate surface area is 228 Å². The second-order valence-electron chi connectivity index (χ2n) is 9.90. The molecule has 2 heterocycles. The molecular weight excluding hydrogens is 498 g/mol. The SMILES string of the molecule is Cc1c(O)c(O)c(C)c2[nH]ccc12.Cc1c(O)c(O)c(C)c2c1CCN2.Cc1cc(CCN)c(C)c(O)c1O. The van der Waals surface area contributed by atoms with Crippen molar-refractivity contribution in [3.05, 3.63) is 62.8 Å². The van der Waals surface area contributed by atoms with E-state index in [4.69, 9.17) is 5.73 Å². The molecule has 1 aliphatic heterocycles. The second-order valence-corrected chi connectivity index (χ2v) is 9.90. The monoisotopic (exact) mass is 537 g/mol. The van der Waals surface area contributed by atoms with Crippen LogP contribution >= 0.6 is 0 Å². The Morgan fingerprint density at radius 1 is 0.718 bits per heavy atom. The lowest BCUT2D eigenvalue weighted by atomic mass is 10.0. The van der Waals surface area contributed by atoms with Crippen LogP contribution in [0.15, 0.2) is 18.3 Å². The molecular formula is C30H39N3O6. The molecule has 10 N–H and O–H groups in total. The van der Waals surface area contributed by atoms with Gasteiger partial charge < -0.3 is 46.7 Å². The summed E-state index contributed by atoms with van der Waals surface area (Å²) in [5.41, 5.74) is 13.8. The van der Waals surface area contributed by atoms with Crippen LogP contribution in [-0.2, 0) is 12.8 Å². The number of phenolic OH excluding ortho intramolecular Hbond substituents is 6. The maximum atomic E-state index is 9.57. The maximum Gasteiger partial charge on any atom is 0.162 e. The molecule has 0 aliphatic carbocycles. The van der Waals surface area contributed by atoms with Crippen LogP contribution in [0.1, 0.15) is 44.5 Å². The number of aromatic hydroxyl groups is 6. The lowest BCUT2D eigenvalue weighted by Gasteiger charge is -2.12. The first-order valence-electron chi connectivity index (χ1n) is 12.8. The molecule has 0 atom stereocenters. The summed E-state index contributed by atoms with van der Waals surface area (Å²) in [5, 5.41) is 61.3. The molecule has 9 heteroatoms. The van der Waals surface area contributed by atoms with Gasteiger partial charge in [0.15, 0.2) is 34.5 Å². The fourth-order valence-electron chi connectivity index (χ4n) is 4.86. The molecule has 1 aliphatic rings. The van der Waals surface area contributed by atoms with Crippen LogP contribution in [0.3, 0.4) is 0 Å². The van der Waals surface area contributed by atoms with Gasteiger partial charge in [0.1, 0.15) is 0 Å². The van der Waals surface area contributed by atoms with Crippen LogP contribution < -0.4 is 11.1 Å². The maximum absolute atomic E-state index is 9.57. The Morgan fingerprint density at radius 3 is 1.92 bits per heavy atom. The van der Waals surface area contributed by atoms with Crippen molar-refractivity contribution in [2.75, 3.05) is 18.4 Å². The van der Waals surface area contributed by atoms with Gasteiger partial charge in [0.05, 0.1) is 5.52 Å². The number of rotatable bonds is 2. The zero-order valence-electron chi connectivity index (χ0n) is 23.3. The molecule has 4 aromatic rings. The number of nitrogens with two attached hydrogens (primary N) is 1. The van der Waals surface area contributed by atoms with Crippen molar-refractivity contribution >= 4 is 16.6 Å². The highest BCUT2D eigenvalue weighted by molar-refractivity contribution is 5.90. The van der Waals surface area contributed by atoms with Gasteiger partial charge in [0.25, 0.3) is 0 Å². The van der Waals surface area contributed by atoms with E-state index >= 15 is 0 Å². The predicted molar refractivity (Wildman–Crippen MR) is 155 cm³/mol. The Hall–Kier alpha value is -4.24. The van der Waals surface area contributed by atoms with Gasteiger partial charge in [-0.1, -0.05) is 6.07 Å². The summed E-state index contributed by atoms with van der Waals surface area (Å²) in [6, 6.07) is 3.74. The third kappa shape index (κ3) is 5.49. The van der Waals surface area contributed by atoms with Gasteiger partial charge in [0.2, 0.25) is 0 Å². The number of phenols is 6. The van der Waals surface area contributed by atoms with E-state index < -0.39 is 0 Å². The number of fused-ring (bicyclic) bond motifs is 2. The Kier molecular flexibility index (Phi) is 8.76. The number of H-pyrrole nitrogens is 1. The van der Waals surface area contributed by atoms with Crippen molar-refractivity contribution in [1.82, 2.24) is 4.98 Å². The van der Waals surface area contributed by atoms with Gasteiger partial charge >= 0.3 is 0 Å². The number of hydrogen-bond donors (Lipinski definition) is 9. The quantitative estimate of drug-likeness (QED) is 0.125. The first kappa shape index (κ1) is 29.3. The first-order chi connectivity index (χ1) is 18.3. The predicted octanol–water partition coefficient (Wildman–Crippen LogP) is 5.09. The number of aryl methyl sites for hydroxylation is 3. The molecule has 0 saturated heterocycles. The average Bonchev–Trinajstić information content (AvgIpc) is 3.62. The molecule has 1 aromatic heterocycles. The number of aromatic amines is 1. The minimum atomic E-state index is -0.0348. The van der Waals surface area contributed by atoms with Gasteiger partial charge in [-0.05, 0) is 94.8 Å². The summed E-state index contributed by atoms with van der Waals surface area (Å²) in [7, 11) is 0. The van der Waals surface area contributed by atoms with E-state index in [1.165, 1.54) is 0 Å². The van der Waals surface area contributed by atoms with Crippen LogP contribution in [0.5, 0.6) is 34.5 Å². The molecule has 0 spiro atoms. The van der Waals surface area contributed by atoms with Crippen molar-refractivity contribution in [2.24, 2.45) is 5.73 Å². The van der Waals surface area contributed by atoms with E-state index in [1.807, 2.05) is 26.0 Å². The zero-order chi connectivity index (χ0) is 29.2. The zero-order valence-corrected chi connectivity index (χ0v) is 23.3. The Morgan fingerprint density at radius 2 is 1.28 bits per heavy atom. The summed E-state index contributed by atoms with van der Waals surface area (Å²) in [6.45, 7) is 12.2. The highest BCUT2D eigenvalue weighted by Gasteiger charge is 2.21. The van der Waals surface area contributed by atoms with Crippen molar-refractivity contribution < 1.29 is 30.6 Å². The van der Waals surface area contributed by atoms with Gasteiger partial charge in [-0.2, -0.15) is 0 Å². The van der Waals surface area contributed by atoms with Crippen LogP contribution in [0.2, 0.25) is 0 Å². The number of hydrogen-bond acceptors (Lipinski definition) is 8. The van der Waals surface area contributed by atoms with E-state index in [9.17, 15) is 30.6 Å². The van der Waals surface area contributed by atoms with E-state index in [1.54, 1.807) is 33.9 Å². The summed E-state index contributed by atoms with van der Waals surface area (Å²) in [6.07, 6.45) is 3.44. The first-order valence-corrected chi connectivity index (χ1v) is 12.8. The lowest BCUT2D eigenvalue weighted by Crippen LogP contribution is -2.04. The molecule has 0 saturated carbocycles. The van der Waals surface area contributed by atoms with Crippen molar-refractivity contribution in [2.45, 2.75) is 54.4 Å². The molecule has 0 unspecified atom stereocenters. The van der Waals surface area contributed by atoms with Gasteiger partial charge in [-0.25, -0.2) is 0 Å². The third-order valence-corrected chi connectivity index (χ3v) is 7.44. The lowest BCUT2D eigenvalue weighted by molar-refractivity contribution is 0.397. The van der Waals surface area contributed by atoms with Crippen LogP contribution in [0.25, 0.3) is 10.9 Å². The summed E-state index contributed by atoms with van der Waals surface area (Å²) < 4.78 is 0. The topological polar surface area (TPSA) is 175 Å². The smallest absolute Gasteiger partial charge is 0.162 e. The van der Waals surface area contributed by atoms with Gasteiger partial charge in [0, 0.05) is 40.5 Å². The van der Waals surface area contributed by atoms with Gasteiger partial charge in [-0.15, -0.1) is 0 Å². The highest BCUT2D eigenvalue weighted by atomic mass is 16.3. The molecule has 9 nitrogen and oxygen atoms in total. The number of aromatic nitrogens is 1. The van der Waals surface area contributed by atoms with Crippen LogP contribution in [-0.4, -0.2) is 48.7 Å². The Balaban J connectivity index is 0.000000162. The van der Waals surface area contributed by atoms with Crippen molar-refractivity contribution in [3.63, 3.8) is 0 Å². The van der Waals surface area contributed by atoms with Crippen molar-refractivity contribution in [3.8, 4) is 34.5 Å². The van der Waals surface area contributed by atoms with E-state index in [0.717, 1.165) is 58.2 Å². The molecule has 0 bridgehead atoms. The fraction of sp³-hybridized carbons (Fsp3) is 0.333. The van der Waals surface area contributed by atoms with E-state index in [-0.39, 0.29) is 34.5 Å². The summed E-state index contributed by atoms with van der Waals surface area (Å²) in [4.78, 5) is 3.03.